The van der Waals surface area contributed by atoms with Crippen LogP contribution >= 0.6 is 11.6 Å². The van der Waals surface area contributed by atoms with Crippen molar-refractivity contribution in [1.82, 2.24) is 4.57 Å². The van der Waals surface area contributed by atoms with Crippen LogP contribution in [-0.4, -0.2) is 42.6 Å². The summed E-state index contributed by atoms with van der Waals surface area (Å²) in [6.07, 6.45) is -10.4. The molecule has 2 heterocycles. The standard InChI is InChI=1S/C28H26ClF9N4O3S/c1-3-40-23-15-19(29)18(28(36,37)38)14-22(23)41(11-4-5-12-46(43,44)45)25(40)8-6-7-24-39(2)20-10-9-17(27(33,34)35)13-21(20)42(24)16-26(30,31)32/h6-10,13-15H,3-5,11-12,16H2,1-2H3/p+1. The molecular weight excluding hydrogens is 679 g/mol. The van der Waals surface area contributed by atoms with Gasteiger partial charge in [0.2, 0.25) is 0 Å². The third kappa shape index (κ3) is 7.74. The van der Waals surface area contributed by atoms with Gasteiger partial charge in [-0.2, -0.15) is 47.9 Å². The van der Waals surface area contributed by atoms with Crippen molar-refractivity contribution < 1.29 is 57.1 Å². The highest BCUT2D eigenvalue weighted by atomic mass is 35.5. The molecule has 0 saturated heterocycles. The van der Waals surface area contributed by atoms with Gasteiger partial charge in [0.1, 0.15) is 5.82 Å². The Morgan fingerprint density at radius 1 is 0.935 bits per heavy atom. The van der Waals surface area contributed by atoms with Gasteiger partial charge in [-0.05, 0) is 50.1 Å². The minimum absolute atomic E-state index is 0.0139. The highest BCUT2D eigenvalue weighted by molar-refractivity contribution is 7.85. The molecule has 0 fully saturated rings. The molecule has 0 saturated carbocycles. The summed E-state index contributed by atoms with van der Waals surface area (Å²) >= 11 is 5.98. The Bertz CT molecular complexity index is 1800. The van der Waals surface area contributed by atoms with Gasteiger partial charge >= 0.3 is 18.5 Å². The molecule has 0 amide bonds. The summed E-state index contributed by atoms with van der Waals surface area (Å²) in [5.74, 6) is -0.435. The van der Waals surface area contributed by atoms with Crippen LogP contribution in [0.2, 0.25) is 5.02 Å². The van der Waals surface area contributed by atoms with Crippen LogP contribution in [-0.2, 0) is 36.1 Å². The number of fused-ring (bicyclic) bond motifs is 2. The first-order chi connectivity index (χ1) is 21.1. The summed E-state index contributed by atoms with van der Waals surface area (Å²) < 4.78 is 156. The first-order valence-electron chi connectivity index (χ1n) is 13.6. The molecule has 3 aromatic rings. The first-order valence-corrected chi connectivity index (χ1v) is 15.6. The van der Waals surface area contributed by atoms with E-state index in [0.29, 0.717) is 10.6 Å². The second kappa shape index (κ2) is 12.6. The van der Waals surface area contributed by atoms with Gasteiger partial charge in [0.15, 0.2) is 17.6 Å². The van der Waals surface area contributed by atoms with E-state index in [4.69, 9.17) is 16.2 Å². The average Bonchev–Trinajstić information content (AvgIpc) is 3.33. The van der Waals surface area contributed by atoms with E-state index in [1.165, 1.54) is 34.7 Å². The lowest BCUT2D eigenvalue weighted by Crippen LogP contribution is -2.32. The van der Waals surface area contributed by atoms with Gasteiger partial charge < -0.3 is 9.80 Å². The number of hydrogen-bond donors (Lipinski definition) is 1. The number of unbranched alkanes of at least 4 members (excludes halogenated alkanes) is 1. The fraction of sp³-hybridized carbons (Fsp3) is 0.393. The summed E-state index contributed by atoms with van der Waals surface area (Å²) in [6.45, 7) is 0.277. The van der Waals surface area contributed by atoms with Crippen LogP contribution in [0.4, 0.5) is 50.9 Å². The highest BCUT2D eigenvalue weighted by Crippen LogP contribution is 2.48. The summed E-state index contributed by atoms with van der Waals surface area (Å²) in [4.78, 5) is 3.05. The van der Waals surface area contributed by atoms with Crippen LogP contribution < -0.4 is 14.4 Å². The lowest BCUT2D eigenvalue weighted by Gasteiger charge is -2.24. The molecule has 0 unspecified atom stereocenters. The zero-order chi connectivity index (χ0) is 34.4. The number of rotatable bonds is 9. The maximum Gasteiger partial charge on any atom is 0.426 e. The monoisotopic (exact) mass is 705 g/mol. The molecule has 18 heteroatoms. The van der Waals surface area contributed by atoms with Crippen LogP contribution in [0.25, 0.3) is 17.1 Å². The molecule has 1 aliphatic rings. The topological polar surface area (TPSA) is 69.7 Å². The van der Waals surface area contributed by atoms with Gasteiger partial charge in [0.05, 0.1) is 40.3 Å². The van der Waals surface area contributed by atoms with Gasteiger partial charge in [-0.3, -0.25) is 4.55 Å². The average molecular weight is 706 g/mol. The number of hydrogen-bond acceptors (Lipinski definition) is 4. The minimum atomic E-state index is -4.81. The van der Waals surface area contributed by atoms with E-state index >= 15 is 0 Å². The number of halogens is 10. The molecule has 46 heavy (non-hydrogen) atoms. The lowest BCUT2D eigenvalue weighted by atomic mass is 10.1. The molecule has 0 spiro atoms. The Balaban J connectivity index is 1.82. The van der Waals surface area contributed by atoms with Crippen LogP contribution in [0.1, 0.15) is 36.7 Å². The molecule has 1 aliphatic heterocycles. The second-order valence-electron chi connectivity index (χ2n) is 10.4. The molecule has 0 radical (unpaired) electrons. The Morgan fingerprint density at radius 2 is 1.59 bits per heavy atom. The maximum atomic E-state index is 13.7. The van der Waals surface area contributed by atoms with E-state index in [2.05, 4.69) is 0 Å². The van der Waals surface area contributed by atoms with Gasteiger partial charge in [0.25, 0.3) is 15.9 Å². The predicted molar refractivity (Wildman–Crippen MR) is 154 cm³/mol. The molecule has 1 N–H and O–H groups in total. The number of aryl methyl sites for hydroxylation is 1. The van der Waals surface area contributed by atoms with Crippen molar-refractivity contribution >= 4 is 50.2 Å². The minimum Gasteiger partial charge on any atom is -0.326 e. The fourth-order valence-corrected chi connectivity index (χ4v) is 6.12. The van der Waals surface area contributed by atoms with Gasteiger partial charge in [-0.1, -0.05) is 17.7 Å². The number of aromatic nitrogens is 2. The summed E-state index contributed by atoms with van der Waals surface area (Å²) in [6, 6.07) is 4.40. The molecular formula is C28H27ClF9N4O3S+. The second-order valence-corrected chi connectivity index (χ2v) is 12.4. The van der Waals surface area contributed by atoms with Crippen molar-refractivity contribution in [3.05, 3.63) is 70.3 Å². The zero-order valence-corrected chi connectivity index (χ0v) is 25.7. The van der Waals surface area contributed by atoms with Gasteiger partial charge in [0, 0.05) is 25.2 Å². The van der Waals surface area contributed by atoms with Crippen LogP contribution in [0.15, 0.2) is 48.3 Å². The number of nitrogens with zero attached hydrogens (tertiary/aromatic N) is 4. The molecule has 2 aromatic carbocycles. The van der Waals surface area contributed by atoms with E-state index < -0.39 is 57.1 Å². The summed E-state index contributed by atoms with van der Waals surface area (Å²) in [5.41, 5.74) is -2.12. The Kier molecular flexibility index (Phi) is 9.73. The number of allylic oxidation sites excluding steroid dienone is 2. The molecule has 0 aliphatic carbocycles. The van der Waals surface area contributed by atoms with Crippen molar-refractivity contribution in [2.24, 2.45) is 7.05 Å². The SMILES string of the molecule is CCN1/C(=C\C=C\c2n(CC(F)(F)F)c3cc(C(F)(F)F)ccc3[n+]2C)N(CCCCS(=O)(=O)O)c2cc(C(F)(F)F)c(Cl)cc21. The third-order valence-electron chi connectivity index (χ3n) is 7.26. The zero-order valence-electron chi connectivity index (χ0n) is 24.1. The smallest absolute Gasteiger partial charge is 0.326 e. The molecule has 252 valence electrons. The number of anilines is 2. The van der Waals surface area contributed by atoms with Gasteiger partial charge in [-0.25, -0.2) is 9.13 Å². The lowest BCUT2D eigenvalue weighted by molar-refractivity contribution is -0.647. The van der Waals surface area contributed by atoms with E-state index in [1.54, 1.807) is 11.8 Å². The molecule has 7 nitrogen and oxygen atoms in total. The van der Waals surface area contributed by atoms with E-state index in [0.717, 1.165) is 24.3 Å². The predicted octanol–water partition coefficient (Wildman–Crippen LogP) is 7.59. The van der Waals surface area contributed by atoms with Crippen molar-refractivity contribution in [1.29, 1.82) is 0 Å². The van der Waals surface area contributed by atoms with Crippen LogP contribution in [0, 0.1) is 0 Å². The van der Waals surface area contributed by atoms with E-state index in [-0.39, 0.29) is 60.0 Å². The molecule has 0 bridgehead atoms. The largest absolute Gasteiger partial charge is 0.426 e. The normalized spacial score (nSPS) is 15.6. The third-order valence-corrected chi connectivity index (χ3v) is 8.37. The van der Waals surface area contributed by atoms with Crippen LogP contribution in [0.3, 0.4) is 0 Å². The first kappa shape index (κ1) is 35.4. The van der Waals surface area contributed by atoms with E-state index in [9.17, 15) is 47.9 Å². The maximum absolute atomic E-state index is 13.7. The summed E-state index contributed by atoms with van der Waals surface area (Å²) in [5, 5.41) is -0.574. The number of imidazole rings is 1. The van der Waals surface area contributed by atoms with E-state index in [1.807, 2.05) is 0 Å². The van der Waals surface area contributed by atoms with Crippen LogP contribution in [0.5, 0.6) is 0 Å². The molecule has 0 atom stereocenters. The Hall–Kier alpha value is -3.44. The van der Waals surface area contributed by atoms with Crippen molar-refractivity contribution in [3.8, 4) is 0 Å². The Labute approximate surface area is 262 Å². The quantitative estimate of drug-likeness (QED) is 0.108. The number of alkyl halides is 9. The Morgan fingerprint density at radius 3 is 2.15 bits per heavy atom. The number of benzene rings is 2. The van der Waals surface area contributed by atoms with Crippen molar-refractivity contribution in [3.63, 3.8) is 0 Å². The van der Waals surface area contributed by atoms with Gasteiger partial charge in [-0.15, -0.1) is 0 Å². The highest BCUT2D eigenvalue weighted by Gasteiger charge is 2.39. The molecule has 4 rings (SSSR count). The fourth-order valence-electron chi connectivity index (χ4n) is 5.29. The molecule has 1 aromatic heterocycles. The van der Waals surface area contributed by atoms with Crippen molar-refractivity contribution in [2.75, 3.05) is 28.6 Å². The summed E-state index contributed by atoms with van der Waals surface area (Å²) in [7, 11) is -2.92. The van der Waals surface area contributed by atoms with Crippen molar-refractivity contribution in [2.45, 2.75) is 44.8 Å².